The molecule has 1 amide bonds. The quantitative estimate of drug-likeness (QED) is 0.461. The number of nitrogens with zero attached hydrogens (tertiary/aromatic N) is 2. The maximum atomic E-state index is 12.6. The van der Waals surface area contributed by atoms with E-state index in [4.69, 9.17) is 0 Å². The van der Waals surface area contributed by atoms with Crippen LogP contribution in [0.4, 0.5) is 0 Å². The van der Waals surface area contributed by atoms with Crippen molar-refractivity contribution in [3.63, 3.8) is 0 Å². The summed E-state index contributed by atoms with van der Waals surface area (Å²) in [6.07, 6.45) is 9.45. The van der Waals surface area contributed by atoms with E-state index in [-0.39, 0.29) is 12.5 Å². The van der Waals surface area contributed by atoms with Crippen LogP contribution in [0.25, 0.3) is 0 Å². The monoisotopic (exact) mass is 368 g/mol. The summed E-state index contributed by atoms with van der Waals surface area (Å²) < 4.78 is 0. The van der Waals surface area contributed by atoms with E-state index >= 15 is 0 Å². The number of nitrogens with one attached hydrogen (secondary N) is 2. The number of fused-ring (bicyclic) bond motifs is 1. The van der Waals surface area contributed by atoms with Crippen molar-refractivity contribution in [2.24, 2.45) is 4.99 Å². The number of benzene rings is 1. The first-order valence-electron chi connectivity index (χ1n) is 10.3. The first-order chi connectivity index (χ1) is 13.3. The van der Waals surface area contributed by atoms with Crippen molar-refractivity contribution >= 4 is 11.9 Å². The minimum absolute atomic E-state index is 0.0942. The van der Waals surface area contributed by atoms with Gasteiger partial charge in [-0.15, -0.1) is 0 Å². The van der Waals surface area contributed by atoms with Crippen LogP contribution < -0.4 is 10.6 Å². The van der Waals surface area contributed by atoms with E-state index < -0.39 is 0 Å². The molecule has 1 aromatic rings. The van der Waals surface area contributed by atoms with Gasteiger partial charge in [0.25, 0.3) is 0 Å². The Kier molecular flexibility index (Phi) is 7.31. The molecule has 146 valence electrons. The molecule has 0 radical (unpaired) electrons. The lowest BCUT2D eigenvalue weighted by molar-refractivity contribution is -0.130. The standard InChI is InChI=1S/C22H32N4O/c1-2-23-22(24-14-12-18-8-4-3-5-9-18)25-16-21(27)26-15-13-19-10-6-7-11-20(19)17-26/h6-8,10-11H,2-5,9,12-17H2,1H3,(H2,23,24,25). The first kappa shape index (κ1) is 19.5. The summed E-state index contributed by atoms with van der Waals surface area (Å²) in [4.78, 5) is 19.0. The molecule has 2 N–H and O–H groups in total. The van der Waals surface area contributed by atoms with E-state index in [0.717, 1.165) is 38.4 Å². The SMILES string of the molecule is CCNC(=NCC(=O)N1CCc2ccccc2C1)NCCC1=CCCCC1. The summed E-state index contributed by atoms with van der Waals surface area (Å²) in [5.41, 5.74) is 4.16. The molecule has 0 unspecified atom stereocenters. The zero-order chi connectivity index (χ0) is 18.9. The van der Waals surface area contributed by atoms with Crippen LogP contribution >= 0.6 is 0 Å². The second kappa shape index (κ2) is 10.1. The fraction of sp³-hybridized carbons (Fsp3) is 0.545. The van der Waals surface area contributed by atoms with Crippen LogP contribution in [0.2, 0.25) is 0 Å². The number of rotatable bonds is 6. The van der Waals surface area contributed by atoms with Crippen LogP contribution in [-0.2, 0) is 17.8 Å². The summed E-state index contributed by atoms with van der Waals surface area (Å²) in [6, 6.07) is 8.38. The number of carbonyl (C=O) groups excluding carboxylic acids is 1. The van der Waals surface area contributed by atoms with Gasteiger partial charge in [0.2, 0.25) is 5.91 Å². The van der Waals surface area contributed by atoms with Gasteiger partial charge in [0.15, 0.2) is 5.96 Å². The molecule has 0 saturated carbocycles. The zero-order valence-corrected chi connectivity index (χ0v) is 16.5. The molecule has 3 rings (SSSR count). The second-order valence-corrected chi connectivity index (χ2v) is 7.31. The van der Waals surface area contributed by atoms with Crippen LogP contribution in [0, 0.1) is 0 Å². The number of hydrogen-bond acceptors (Lipinski definition) is 2. The van der Waals surface area contributed by atoms with Crippen molar-refractivity contribution in [2.75, 3.05) is 26.2 Å². The van der Waals surface area contributed by atoms with Crippen LogP contribution in [0.15, 0.2) is 40.9 Å². The largest absolute Gasteiger partial charge is 0.357 e. The zero-order valence-electron chi connectivity index (χ0n) is 16.5. The van der Waals surface area contributed by atoms with Crippen LogP contribution in [0.3, 0.4) is 0 Å². The van der Waals surface area contributed by atoms with Crippen molar-refractivity contribution in [1.29, 1.82) is 0 Å². The minimum Gasteiger partial charge on any atom is -0.357 e. The van der Waals surface area contributed by atoms with Gasteiger partial charge in [-0.05, 0) is 56.6 Å². The summed E-state index contributed by atoms with van der Waals surface area (Å²) in [6.45, 7) is 5.37. The number of guanidine groups is 1. The molecular weight excluding hydrogens is 336 g/mol. The van der Waals surface area contributed by atoms with E-state index in [1.165, 1.54) is 36.8 Å². The Labute approximate surface area is 162 Å². The summed E-state index contributed by atoms with van der Waals surface area (Å²) in [5, 5.41) is 6.61. The van der Waals surface area contributed by atoms with E-state index in [2.05, 4.69) is 39.9 Å². The molecule has 0 saturated heterocycles. The lowest BCUT2D eigenvalue weighted by Gasteiger charge is -2.28. The molecule has 1 heterocycles. The number of aliphatic imine (C=N–C) groups is 1. The molecule has 5 nitrogen and oxygen atoms in total. The number of carbonyl (C=O) groups is 1. The molecule has 1 aromatic carbocycles. The average Bonchev–Trinajstić information content (AvgIpc) is 2.72. The van der Waals surface area contributed by atoms with Gasteiger partial charge in [0.1, 0.15) is 6.54 Å². The molecule has 0 spiro atoms. The lowest BCUT2D eigenvalue weighted by atomic mass is 9.97. The number of hydrogen-bond donors (Lipinski definition) is 2. The smallest absolute Gasteiger partial charge is 0.244 e. The highest BCUT2D eigenvalue weighted by atomic mass is 16.2. The Morgan fingerprint density at radius 3 is 2.78 bits per heavy atom. The van der Waals surface area contributed by atoms with Crippen LogP contribution in [0.5, 0.6) is 0 Å². The van der Waals surface area contributed by atoms with Crippen LogP contribution in [-0.4, -0.2) is 42.9 Å². The molecule has 2 aliphatic rings. The van der Waals surface area contributed by atoms with Gasteiger partial charge in [-0.3, -0.25) is 4.79 Å². The second-order valence-electron chi connectivity index (χ2n) is 7.31. The number of allylic oxidation sites excluding steroid dienone is 1. The lowest BCUT2D eigenvalue weighted by Crippen LogP contribution is -2.40. The third kappa shape index (κ3) is 5.84. The summed E-state index contributed by atoms with van der Waals surface area (Å²) >= 11 is 0. The van der Waals surface area contributed by atoms with E-state index in [1.54, 1.807) is 5.57 Å². The van der Waals surface area contributed by atoms with Crippen molar-refractivity contribution in [3.05, 3.63) is 47.0 Å². The van der Waals surface area contributed by atoms with Crippen LogP contribution in [0.1, 0.15) is 50.2 Å². The van der Waals surface area contributed by atoms with Gasteiger partial charge in [-0.2, -0.15) is 0 Å². The molecule has 1 aliphatic heterocycles. The topological polar surface area (TPSA) is 56.7 Å². The fourth-order valence-corrected chi connectivity index (χ4v) is 3.77. The van der Waals surface area contributed by atoms with Crippen molar-refractivity contribution < 1.29 is 4.79 Å². The number of amides is 1. The summed E-state index contributed by atoms with van der Waals surface area (Å²) in [5.74, 6) is 0.830. The van der Waals surface area contributed by atoms with Gasteiger partial charge < -0.3 is 15.5 Å². The van der Waals surface area contributed by atoms with Gasteiger partial charge in [0.05, 0.1) is 0 Å². The highest BCUT2D eigenvalue weighted by Gasteiger charge is 2.20. The molecule has 0 atom stereocenters. The van der Waals surface area contributed by atoms with Gasteiger partial charge in [-0.25, -0.2) is 4.99 Å². The van der Waals surface area contributed by atoms with Crippen molar-refractivity contribution in [2.45, 2.75) is 52.0 Å². The molecule has 1 aliphatic carbocycles. The highest BCUT2D eigenvalue weighted by Crippen LogP contribution is 2.19. The van der Waals surface area contributed by atoms with Gasteiger partial charge >= 0.3 is 0 Å². The molecule has 5 heteroatoms. The van der Waals surface area contributed by atoms with E-state index in [9.17, 15) is 4.79 Å². The minimum atomic E-state index is 0.0942. The fourth-order valence-electron chi connectivity index (χ4n) is 3.77. The highest BCUT2D eigenvalue weighted by molar-refractivity contribution is 5.85. The molecule has 0 aromatic heterocycles. The Balaban J connectivity index is 1.48. The van der Waals surface area contributed by atoms with E-state index in [0.29, 0.717) is 6.54 Å². The van der Waals surface area contributed by atoms with Crippen molar-refractivity contribution in [1.82, 2.24) is 15.5 Å². The predicted octanol–water partition coefficient (Wildman–Crippen LogP) is 3.02. The molecule has 0 bridgehead atoms. The average molecular weight is 369 g/mol. The Hall–Kier alpha value is -2.30. The van der Waals surface area contributed by atoms with Gasteiger partial charge in [-0.1, -0.05) is 35.9 Å². The maximum Gasteiger partial charge on any atom is 0.244 e. The normalized spacial score (nSPS) is 17.1. The molecular formula is C22H32N4O. The Morgan fingerprint density at radius 2 is 2.00 bits per heavy atom. The third-order valence-electron chi connectivity index (χ3n) is 5.32. The molecule has 0 fully saturated rings. The van der Waals surface area contributed by atoms with Gasteiger partial charge in [0, 0.05) is 26.2 Å². The third-order valence-corrected chi connectivity index (χ3v) is 5.32. The predicted molar refractivity (Wildman–Crippen MR) is 111 cm³/mol. The van der Waals surface area contributed by atoms with Crippen molar-refractivity contribution in [3.8, 4) is 0 Å². The maximum absolute atomic E-state index is 12.6. The Morgan fingerprint density at radius 1 is 1.15 bits per heavy atom. The van der Waals surface area contributed by atoms with E-state index in [1.807, 2.05) is 17.9 Å². The first-order valence-corrected chi connectivity index (χ1v) is 10.3. The summed E-state index contributed by atoms with van der Waals surface area (Å²) in [7, 11) is 0. The Bertz CT molecular complexity index is 695. The molecule has 27 heavy (non-hydrogen) atoms.